The van der Waals surface area contributed by atoms with Crippen molar-refractivity contribution in [1.82, 2.24) is 9.88 Å². The maximum Gasteiger partial charge on any atom is 0.253 e. The summed E-state index contributed by atoms with van der Waals surface area (Å²) in [6.45, 7) is 0.375. The average Bonchev–Trinajstić information content (AvgIpc) is 3.02. The molecule has 0 spiro atoms. The zero-order valence-electron chi connectivity index (χ0n) is 13.8. The number of aliphatic hydroxyl groups is 1. The van der Waals surface area contributed by atoms with Gasteiger partial charge in [-0.05, 0) is 49.2 Å². The van der Waals surface area contributed by atoms with E-state index >= 15 is 0 Å². The molecular weight excluding hydrogens is 304 g/mol. The molecule has 0 atom stereocenters. The number of amides is 1. The summed E-state index contributed by atoms with van der Waals surface area (Å²) in [5.74, 6) is 1.21. The molecule has 126 valence electrons. The molecule has 1 heterocycles. The number of likely N-dealkylation sites (N-methyl/N-ethyl adjacent to an activating group) is 1. The second kappa shape index (κ2) is 7.01. The van der Waals surface area contributed by atoms with Crippen molar-refractivity contribution >= 4 is 5.91 Å². The SMILES string of the molecule is CN(CC1(O)CCCC1)C(=O)c1ccc(Oc2cccnc2)cc1. The maximum absolute atomic E-state index is 12.5. The number of pyridine rings is 1. The minimum Gasteiger partial charge on any atom is -0.456 e. The van der Waals surface area contributed by atoms with E-state index < -0.39 is 5.60 Å². The van der Waals surface area contributed by atoms with E-state index in [1.807, 2.05) is 6.07 Å². The number of rotatable bonds is 5. The Morgan fingerprint density at radius 1 is 1.21 bits per heavy atom. The van der Waals surface area contributed by atoms with Crippen LogP contribution in [0.5, 0.6) is 11.5 Å². The van der Waals surface area contributed by atoms with E-state index in [1.165, 1.54) is 0 Å². The van der Waals surface area contributed by atoms with E-state index in [0.717, 1.165) is 25.7 Å². The third-order valence-electron chi connectivity index (χ3n) is 4.38. The number of ether oxygens (including phenoxy) is 1. The van der Waals surface area contributed by atoms with Crippen LogP contribution in [0.4, 0.5) is 0 Å². The number of carbonyl (C=O) groups is 1. The molecule has 1 amide bonds. The lowest BCUT2D eigenvalue weighted by Gasteiger charge is -2.28. The van der Waals surface area contributed by atoms with Crippen molar-refractivity contribution in [3.63, 3.8) is 0 Å². The highest BCUT2D eigenvalue weighted by Crippen LogP contribution is 2.30. The molecule has 2 aromatic rings. The van der Waals surface area contributed by atoms with Crippen molar-refractivity contribution in [3.05, 3.63) is 54.4 Å². The number of hydrogen-bond donors (Lipinski definition) is 1. The van der Waals surface area contributed by atoms with Crippen molar-refractivity contribution in [2.75, 3.05) is 13.6 Å². The molecule has 1 aliphatic rings. The predicted molar refractivity (Wildman–Crippen MR) is 91.1 cm³/mol. The smallest absolute Gasteiger partial charge is 0.253 e. The maximum atomic E-state index is 12.5. The van der Waals surface area contributed by atoms with Gasteiger partial charge in [0.05, 0.1) is 11.8 Å². The van der Waals surface area contributed by atoms with Gasteiger partial charge >= 0.3 is 0 Å². The van der Waals surface area contributed by atoms with E-state index in [0.29, 0.717) is 23.6 Å². The molecule has 0 bridgehead atoms. The minimum atomic E-state index is -0.728. The van der Waals surface area contributed by atoms with Gasteiger partial charge in [0.15, 0.2) is 0 Å². The number of carbonyl (C=O) groups excluding carboxylic acids is 1. The Balaban J connectivity index is 1.63. The second-order valence-corrected chi connectivity index (χ2v) is 6.41. The fraction of sp³-hybridized carbons (Fsp3) is 0.368. The Hall–Kier alpha value is -2.40. The molecule has 0 aliphatic heterocycles. The Labute approximate surface area is 141 Å². The zero-order valence-corrected chi connectivity index (χ0v) is 13.8. The van der Waals surface area contributed by atoms with E-state index in [1.54, 1.807) is 54.7 Å². The summed E-state index contributed by atoms with van der Waals surface area (Å²) in [4.78, 5) is 18.1. The van der Waals surface area contributed by atoms with Gasteiger partial charge in [-0.15, -0.1) is 0 Å². The highest BCUT2D eigenvalue weighted by atomic mass is 16.5. The summed E-state index contributed by atoms with van der Waals surface area (Å²) in [6.07, 6.45) is 6.90. The highest BCUT2D eigenvalue weighted by Gasteiger charge is 2.33. The van der Waals surface area contributed by atoms with Gasteiger partial charge in [-0.25, -0.2) is 0 Å². The summed E-state index contributed by atoms with van der Waals surface area (Å²) < 4.78 is 5.67. The van der Waals surface area contributed by atoms with Crippen molar-refractivity contribution in [2.24, 2.45) is 0 Å². The van der Waals surface area contributed by atoms with Gasteiger partial charge in [0.25, 0.3) is 5.91 Å². The first-order chi connectivity index (χ1) is 11.6. The number of nitrogens with zero attached hydrogens (tertiary/aromatic N) is 2. The van der Waals surface area contributed by atoms with Crippen LogP contribution in [0.25, 0.3) is 0 Å². The Morgan fingerprint density at radius 3 is 2.54 bits per heavy atom. The number of hydrogen-bond acceptors (Lipinski definition) is 4. The van der Waals surface area contributed by atoms with Gasteiger partial charge in [0.1, 0.15) is 11.5 Å². The highest BCUT2D eigenvalue weighted by molar-refractivity contribution is 5.94. The predicted octanol–water partition coefficient (Wildman–Crippen LogP) is 3.25. The van der Waals surface area contributed by atoms with Crippen LogP contribution in [0.2, 0.25) is 0 Å². The molecule has 1 saturated carbocycles. The summed E-state index contributed by atoms with van der Waals surface area (Å²) in [5.41, 5.74) is -0.147. The fourth-order valence-corrected chi connectivity index (χ4v) is 3.13. The Morgan fingerprint density at radius 2 is 1.92 bits per heavy atom. The van der Waals surface area contributed by atoms with E-state index in [2.05, 4.69) is 4.98 Å². The second-order valence-electron chi connectivity index (χ2n) is 6.41. The van der Waals surface area contributed by atoms with Gasteiger partial charge in [0.2, 0.25) is 0 Å². The molecule has 1 fully saturated rings. The van der Waals surface area contributed by atoms with Gasteiger partial charge in [-0.3, -0.25) is 9.78 Å². The minimum absolute atomic E-state index is 0.0942. The Bertz CT molecular complexity index is 680. The molecular formula is C19H22N2O3. The van der Waals surface area contributed by atoms with Crippen LogP contribution in [-0.2, 0) is 0 Å². The topological polar surface area (TPSA) is 62.7 Å². The molecule has 1 N–H and O–H groups in total. The lowest BCUT2D eigenvalue weighted by atomic mass is 10.0. The van der Waals surface area contributed by atoms with Crippen LogP contribution < -0.4 is 4.74 Å². The summed E-state index contributed by atoms with van der Waals surface area (Å²) >= 11 is 0. The molecule has 1 aromatic carbocycles. The van der Waals surface area contributed by atoms with Gasteiger partial charge in [-0.1, -0.05) is 12.8 Å². The van der Waals surface area contributed by atoms with Gasteiger partial charge in [-0.2, -0.15) is 0 Å². The van der Waals surface area contributed by atoms with Crippen LogP contribution in [0, 0.1) is 0 Å². The lowest BCUT2D eigenvalue weighted by molar-refractivity contribution is 0.0157. The van der Waals surface area contributed by atoms with Crippen LogP contribution in [0.15, 0.2) is 48.8 Å². The monoisotopic (exact) mass is 326 g/mol. The standard InChI is InChI=1S/C19H22N2O3/c1-21(14-19(23)10-2-3-11-19)18(22)15-6-8-16(9-7-15)24-17-5-4-12-20-13-17/h4-9,12-13,23H,2-3,10-11,14H2,1H3. The first-order valence-electron chi connectivity index (χ1n) is 8.22. The number of benzene rings is 1. The van der Waals surface area contributed by atoms with Crippen molar-refractivity contribution in [3.8, 4) is 11.5 Å². The molecule has 0 unspecified atom stereocenters. The van der Waals surface area contributed by atoms with Crippen molar-refractivity contribution in [1.29, 1.82) is 0 Å². The zero-order chi connectivity index (χ0) is 17.0. The molecule has 0 saturated heterocycles. The molecule has 0 radical (unpaired) electrons. The lowest BCUT2D eigenvalue weighted by Crippen LogP contribution is -2.42. The van der Waals surface area contributed by atoms with Gasteiger partial charge in [0, 0.05) is 25.4 Å². The third-order valence-corrected chi connectivity index (χ3v) is 4.38. The molecule has 5 nitrogen and oxygen atoms in total. The van der Waals surface area contributed by atoms with Crippen LogP contribution >= 0.6 is 0 Å². The van der Waals surface area contributed by atoms with E-state index in [-0.39, 0.29) is 5.91 Å². The summed E-state index contributed by atoms with van der Waals surface area (Å²) in [5, 5.41) is 10.4. The first-order valence-corrected chi connectivity index (χ1v) is 8.22. The van der Waals surface area contributed by atoms with Gasteiger partial charge < -0.3 is 14.7 Å². The van der Waals surface area contributed by atoms with E-state index in [4.69, 9.17) is 4.74 Å². The van der Waals surface area contributed by atoms with Crippen LogP contribution in [-0.4, -0.2) is 40.1 Å². The largest absolute Gasteiger partial charge is 0.456 e. The van der Waals surface area contributed by atoms with Crippen molar-refractivity contribution in [2.45, 2.75) is 31.3 Å². The normalized spacial score (nSPS) is 15.9. The summed E-state index contributed by atoms with van der Waals surface area (Å²) in [7, 11) is 1.73. The fourth-order valence-electron chi connectivity index (χ4n) is 3.13. The first kappa shape index (κ1) is 16.5. The average molecular weight is 326 g/mol. The van der Waals surface area contributed by atoms with Crippen LogP contribution in [0.3, 0.4) is 0 Å². The molecule has 5 heteroatoms. The third kappa shape index (κ3) is 3.92. The summed E-state index contributed by atoms with van der Waals surface area (Å²) in [6, 6.07) is 10.6. The molecule has 24 heavy (non-hydrogen) atoms. The Kier molecular flexibility index (Phi) is 4.81. The number of aromatic nitrogens is 1. The van der Waals surface area contributed by atoms with Crippen molar-refractivity contribution < 1.29 is 14.6 Å². The quantitative estimate of drug-likeness (QED) is 0.916. The molecule has 1 aromatic heterocycles. The molecule has 3 rings (SSSR count). The van der Waals surface area contributed by atoms with E-state index in [9.17, 15) is 9.90 Å². The van der Waals surface area contributed by atoms with Crippen LogP contribution in [0.1, 0.15) is 36.0 Å². The molecule has 1 aliphatic carbocycles.